The molecule has 0 saturated heterocycles. The normalized spacial score (nSPS) is 10.9. The summed E-state index contributed by atoms with van der Waals surface area (Å²) in [6.45, 7) is 5.80. The molecule has 1 heterocycles. The van der Waals surface area contributed by atoms with E-state index in [0.717, 1.165) is 11.3 Å². The van der Waals surface area contributed by atoms with Crippen LogP contribution in [-0.4, -0.2) is 47.6 Å². The molecule has 0 atom stereocenters. The number of aliphatic hydroxyl groups excluding tert-OH is 2. The number of hydrogen-bond donors (Lipinski definition) is 2. The molecule has 1 aromatic heterocycles. The third-order valence-corrected chi connectivity index (χ3v) is 2.70. The van der Waals surface area contributed by atoms with Crippen molar-refractivity contribution in [2.45, 2.75) is 26.5 Å². The van der Waals surface area contributed by atoms with E-state index in [9.17, 15) is 5.11 Å². The molecule has 1 aromatic rings. The quantitative estimate of drug-likeness (QED) is 0.672. The lowest BCUT2D eigenvalue weighted by Crippen LogP contribution is -2.35. The fraction of sp³-hybridized carbons (Fsp3) is 0.615. The van der Waals surface area contributed by atoms with Crippen molar-refractivity contribution in [3.63, 3.8) is 0 Å². The maximum absolute atomic E-state index is 9.34. The first-order valence-corrected chi connectivity index (χ1v) is 6.19. The van der Waals surface area contributed by atoms with Gasteiger partial charge in [0.1, 0.15) is 0 Å². The van der Waals surface area contributed by atoms with E-state index in [2.05, 4.69) is 23.7 Å². The number of aromatic nitrogens is 1. The SMILES string of the molecule is CC(C)N(CCOCCO)c1cnccc1CO. The Morgan fingerprint density at radius 3 is 2.72 bits per heavy atom. The van der Waals surface area contributed by atoms with Gasteiger partial charge in [0.15, 0.2) is 0 Å². The lowest BCUT2D eigenvalue weighted by molar-refractivity contribution is 0.0961. The van der Waals surface area contributed by atoms with Gasteiger partial charge < -0.3 is 19.8 Å². The van der Waals surface area contributed by atoms with Crippen LogP contribution in [0.25, 0.3) is 0 Å². The zero-order valence-electron chi connectivity index (χ0n) is 11.0. The summed E-state index contributed by atoms with van der Waals surface area (Å²) in [5, 5.41) is 18.0. The van der Waals surface area contributed by atoms with Gasteiger partial charge in [0.05, 0.1) is 38.3 Å². The van der Waals surface area contributed by atoms with Gasteiger partial charge in [-0.3, -0.25) is 4.98 Å². The van der Waals surface area contributed by atoms with Crippen LogP contribution in [0.3, 0.4) is 0 Å². The molecule has 0 saturated carbocycles. The lowest BCUT2D eigenvalue weighted by atomic mass is 10.2. The van der Waals surface area contributed by atoms with Crippen LogP contribution >= 0.6 is 0 Å². The van der Waals surface area contributed by atoms with E-state index < -0.39 is 0 Å². The highest BCUT2D eigenvalue weighted by molar-refractivity contribution is 5.52. The summed E-state index contributed by atoms with van der Waals surface area (Å²) in [5.41, 5.74) is 1.79. The summed E-state index contributed by atoms with van der Waals surface area (Å²) >= 11 is 0. The van der Waals surface area contributed by atoms with Crippen LogP contribution in [0, 0.1) is 0 Å². The Morgan fingerprint density at radius 1 is 1.33 bits per heavy atom. The molecule has 102 valence electrons. The molecular formula is C13H22N2O3. The highest BCUT2D eigenvalue weighted by Crippen LogP contribution is 2.21. The molecule has 0 radical (unpaired) electrons. The maximum Gasteiger partial charge on any atom is 0.0703 e. The lowest BCUT2D eigenvalue weighted by Gasteiger charge is -2.30. The van der Waals surface area contributed by atoms with Crippen molar-refractivity contribution < 1.29 is 14.9 Å². The first-order valence-electron chi connectivity index (χ1n) is 6.19. The van der Waals surface area contributed by atoms with Gasteiger partial charge >= 0.3 is 0 Å². The Kier molecular flexibility index (Phi) is 6.64. The predicted octanol–water partition coefficient (Wildman–Crippen LogP) is 0.798. The van der Waals surface area contributed by atoms with Gasteiger partial charge in [-0.2, -0.15) is 0 Å². The van der Waals surface area contributed by atoms with Crippen molar-refractivity contribution in [1.29, 1.82) is 0 Å². The first kappa shape index (κ1) is 14.9. The largest absolute Gasteiger partial charge is 0.394 e. The molecule has 0 aromatic carbocycles. The van der Waals surface area contributed by atoms with Gasteiger partial charge in [-0.1, -0.05) is 0 Å². The van der Waals surface area contributed by atoms with Crippen LogP contribution in [0.15, 0.2) is 18.5 Å². The molecule has 0 aliphatic rings. The molecule has 0 spiro atoms. The molecule has 18 heavy (non-hydrogen) atoms. The predicted molar refractivity (Wildman–Crippen MR) is 70.5 cm³/mol. The van der Waals surface area contributed by atoms with Gasteiger partial charge in [0.2, 0.25) is 0 Å². The van der Waals surface area contributed by atoms with Gasteiger partial charge in [-0.15, -0.1) is 0 Å². The zero-order chi connectivity index (χ0) is 13.4. The number of pyridine rings is 1. The number of hydrogen-bond acceptors (Lipinski definition) is 5. The van der Waals surface area contributed by atoms with Crippen molar-refractivity contribution in [2.75, 3.05) is 31.3 Å². The molecule has 0 aliphatic carbocycles. The van der Waals surface area contributed by atoms with Crippen LogP contribution in [0.2, 0.25) is 0 Å². The van der Waals surface area contributed by atoms with E-state index >= 15 is 0 Å². The Morgan fingerprint density at radius 2 is 2.11 bits per heavy atom. The number of anilines is 1. The Balaban J connectivity index is 2.71. The smallest absolute Gasteiger partial charge is 0.0703 e. The molecule has 0 unspecified atom stereocenters. The topological polar surface area (TPSA) is 65.8 Å². The molecule has 5 heteroatoms. The van der Waals surface area contributed by atoms with Crippen LogP contribution in [0.4, 0.5) is 5.69 Å². The summed E-state index contributed by atoms with van der Waals surface area (Å²) in [6, 6.07) is 2.11. The second-order valence-electron chi connectivity index (χ2n) is 4.29. The second kappa shape index (κ2) is 8.02. The first-order chi connectivity index (χ1) is 8.70. The van der Waals surface area contributed by atoms with Crippen LogP contribution in [0.1, 0.15) is 19.4 Å². The summed E-state index contributed by atoms with van der Waals surface area (Å²) in [7, 11) is 0. The van der Waals surface area contributed by atoms with Crippen molar-refractivity contribution in [1.82, 2.24) is 4.98 Å². The van der Waals surface area contributed by atoms with Gasteiger partial charge in [-0.05, 0) is 19.9 Å². The number of rotatable bonds is 8. The van der Waals surface area contributed by atoms with Crippen LogP contribution < -0.4 is 4.90 Å². The minimum atomic E-state index is -0.00142. The average Bonchev–Trinajstić information content (AvgIpc) is 2.38. The molecule has 0 fully saturated rings. The van der Waals surface area contributed by atoms with Crippen molar-refractivity contribution in [3.8, 4) is 0 Å². The second-order valence-corrected chi connectivity index (χ2v) is 4.29. The fourth-order valence-electron chi connectivity index (χ4n) is 1.79. The summed E-state index contributed by atoms with van der Waals surface area (Å²) in [5.74, 6) is 0. The average molecular weight is 254 g/mol. The highest BCUT2D eigenvalue weighted by atomic mass is 16.5. The molecule has 0 amide bonds. The Labute approximate surface area is 108 Å². The van der Waals surface area contributed by atoms with E-state index in [-0.39, 0.29) is 19.3 Å². The molecule has 0 aliphatic heterocycles. The molecular weight excluding hydrogens is 232 g/mol. The van der Waals surface area contributed by atoms with Crippen molar-refractivity contribution >= 4 is 5.69 Å². The zero-order valence-corrected chi connectivity index (χ0v) is 11.0. The molecule has 0 bridgehead atoms. The van der Waals surface area contributed by atoms with Crippen molar-refractivity contribution in [3.05, 3.63) is 24.0 Å². The van der Waals surface area contributed by atoms with E-state index in [1.54, 1.807) is 12.4 Å². The summed E-state index contributed by atoms with van der Waals surface area (Å²) in [6.07, 6.45) is 3.44. The minimum absolute atomic E-state index is 0.00142. The van der Waals surface area contributed by atoms with Crippen LogP contribution in [-0.2, 0) is 11.3 Å². The van der Waals surface area contributed by atoms with E-state index in [0.29, 0.717) is 19.8 Å². The third kappa shape index (κ3) is 4.25. The summed E-state index contributed by atoms with van der Waals surface area (Å²) in [4.78, 5) is 6.24. The molecule has 2 N–H and O–H groups in total. The molecule has 5 nitrogen and oxygen atoms in total. The number of aliphatic hydroxyl groups is 2. The van der Waals surface area contributed by atoms with Gasteiger partial charge in [-0.25, -0.2) is 0 Å². The molecule has 1 rings (SSSR count). The minimum Gasteiger partial charge on any atom is -0.394 e. The highest BCUT2D eigenvalue weighted by Gasteiger charge is 2.14. The standard InChI is InChI=1S/C13H22N2O3/c1-11(2)15(5-7-18-8-6-16)13-9-14-4-3-12(13)10-17/h3-4,9,11,16-17H,5-8,10H2,1-2H3. The number of nitrogens with zero attached hydrogens (tertiary/aromatic N) is 2. The van der Waals surface area contributed by atoms with E-state index in [1.807, 2.05) is 6.07 Å². The summed E-state index contributed by atoms with van der Waals surface area (Å²) < 4.78 is 5.28. The van der Waals surface area contributed by atoms with E-state index in [4.69, 9.17) is 9.84 Å². The number of ether oxygens (including phenoxy) is 1. The van der Waals surface area contributed by atoms with Gasteiger partial charge in [0, 0.05) is 24.3 Å². The van der Waals surface area contributed by atoms with E-state index in [1.165, 1.54) is 0 Å². The van der Waals surface area contributed by atoms with Gasteiger partial charge in [0.25, 0.3) is 0 Å². The van der Waals surface area contributed by atoms with Crippen LogP contribution in [0.5, 0.6) is 0 Å². The van der Waals surface area contributed by atoms with Crippen molar-refractivity contribution in [2.24, 2.45) is 0 Å². The fourth-order valence-corrected chi connectivity index (χ4v) is 1.79. The monoisotopic (exact) mass is 254 g/mol. The Hall–Kier alpha value is -1.17. The third-order valence-electron chi connectivity index (χ3n) is 2.70. The Bertz CT molecular complexity index is 345. The maximum atomic E-state index is 9.34.